The van der Waals surface area contributed by atoms with Crippen molar-refractivity contribution in [3.63, 3.8) is 0 Å². The van der Waals surface area contributed by atoms with Crippen LogP contribution in [0, 0.1) is 0 Å². The zero-order valence-corrected chi connectivity index (χ0v) is 22.6. The van der Waals surface area contributed by atoms with Crippen LogP contribution in [-0.4, -0.2) is 64.1 Å². The van der Waals surface area contributed by atoms with E-state index in [9.17, 15) is 18.0 Å². The van der Waals surface area contributed by atoms with Gasteiger partial charge in [-0.2, -0.15) is 5.10 Å². The van der Waals surface area contributed by atoms with Crippen molar-refractivity contribution >= 4 is 11.7 Å². The SMILES string of the molecule is O=C(O)c1ccc(N2COC3(CCN(Cc4cn(-c5ccccc5)nc4-c4ccc(OC(F)(F)F)cc4)CC3)C2)cc1. The van der Waals surface area contributed by atoms with Crippen molar-refractivity contribution in [2.24, 2.45) is 0 Å². The summed E-state index contributed by atoms with van der Waals surface area (Å²) in [5.41, 5.74) is 4.17. The monoisotopic (exact) mass is 578 g/mol. The van der Waals surface area contributed by atoms with Crippen LogP contribution in [0.2, 0.25) is 0 Å². The first-order valence-corrected chi connectivity index (χ1v) is 13.6. The largest absolute Gasteiger partial charge is 0.573 e. The number of hydrogen-bond donors (Lipinski definition) is 1. The van der Waals surface area contributed by atoms with Crippen LogP contribution in [0.3, 0.4) is 0 Å². The number of carboxylic acid groups (broad SMARTS) is 1. The molecule has 0 aliphatic carbocycles. The van der Waals surface area contributed by atoms with Gasteiger partial charge in [0, 0.05) is 49.2 Å². The van der Waals surface area contributed by atoms with E-state index in [0.717, 1.165) is 49.4 Å². The molecule has 3 heterocycles. The number of halogens is 3. The van der Waals surface area contributed by atoms with E-state index >= 15 is 0 Å². The maximum absolute atomic E-state index is 12.7. The van der Waals surface area contributed by atoms with Gasteiger partial charge in [-0.05, 0) is 73.5 Å². The highest BCUT2D eigenvalue weighted by Crippen LogP contribution is 2.36. The number of piperidine rings is 1. The van der Waals surface area contributed by atoms with Gasteiger partial charge >= 0.3 is 12.3 Å². The molecule has 2 aliphatic rings. The zero-order chi connectivity index (χ0) is 29.3. The summed E-state index contributed by atoms with van der Waals surface area (Å²) in [5.74, 6) is -1.23. The summed E-state index contributed by atoms with van der Waals surface area (Å²) in [6.45, 7) is 3.42. The van der Waals surface area contributed by atoms with Crippen molar-refractivity contribution in [2.45, 2.75) is 31.3 Å². The second-order valence-corrected chi connectivity index (χ2v) is 10.6. The third kappa shape index (κ3) is 6.12. The Hall–Kier alpha value is -4.35. The average molecular weight is 579 g/mol. The molecule has 42 heavy (non-hydrogen) atoms. The number of rotatable bonds is 7. The molecular formula is C31H29F3N4O4. The standard InChI is InChI=1S/C31H29F3N4O4/c32-31(33,34)42-27-12-8-22(9-13-27)28-24(19-38(35-28)26-4-2-1-3-5-26)18-36-16-14-30(15-17-36)20-37(21-41-30)25-10-6-23(7-11-25)29(39)40/h1-13,19H,14-18,20-21H2,(H,39,40). The quantitative estimate of drug-likeness (QED) is 0.290. The highest BCUT2D eigenvalue weighted by Gasteiger charge is 2.42. The van der Waals surface area contributed by atoms with E-state index in [-0.39, 0.29) is 16.9 Å². The topological polar surface area (TPSA) is 80.1 Å². The molecule has 1 N–H and O–H groups in total. The number of carboxylic acids is 1. The van der Waals surface area contributed by atoms with Gasteiger partial charge in [-0.1, -0.05) is 18.2 Å². The molecule has 0 atom stereocenters. The number of aromatic nitrogens is 2. The number of benzene rings is 3. The Morgan fingerprint density at radius 1 is 0.952 bits per heavy atom. The van der Waals surface area contributed by atoms with Gasteiger partial charge in [0.05, 0.1) is 22.5 Å². The predicted octanol–water partition coefficient (Wildman–Crippen LogP) is 5.97. The average Bonchev–Trinajstić information content (AvgIpc) is 3.59. The predicted molar refractivity (Wildman–Crippen MR) is 150 cm³/mol. The smallest absolute Gasteiger partial charge is 0.478 e. The number of aromatic carboxylic acids is 1. The van der Waals surface area contributed by atoms with Crippen molar-refractivity contribution in [3.05, 3.63) is 96.2 Å². The molecule has 0 saturated carbocycles. The van der Waals surface area contributed by atoms with E-state index in [0.29, 0.717) is 24.5 Å². The first-order valence-electron chi connectivity index (χ1n) is 13.6. The zero-order valence-electron chi connectivity index (χ0n) is 22.6. The molecule has 1 aromatic heterocycles. The number of carbonyl (C=O) groups is 1. The van der Waals surface area contributed by atoms with Gasteiger partial charge in [0.2, 0.25) is 0 Å². The first-order chi connectivity index (χ1) is 20.2. The van der Waals surface area contributed by atoms with E-state index in [1.807, 2.05) is 48.7 Å². The van der Waals surface area contributed by atoms with Crippen LogP contribution in [0.25, 0.3) is 16.9 Å². The third-order valence-electron chi connectivity index (χ3n) is 7.82. The summed E-state index contributed by atoms with van der Waals surface area (Å²) in [7, 11) is 0. The van der Waals surface area contributed by atoms with E-state index < -0.39 is 12.3 Å². The summed E-state index contributed by atoms with van der Waals surface area (Å²) < 4.78 is 50.1. The summed E-state index contributed by atoms with van der Waals surface area (Å²) in [4.78, 5) is 15.7. The Kier molecular flexibility index (Phi) is 7.38. The molecular weight excluding hydrogens is 549 g/mol. The van der Waals surface area contributed by atoms with Crippen LogP contribution in [0.1, 0.15) is 28.8 Å². The van der Waals surface area contributed by atoms with Crippen LogP contribution in [0.5, 0.6) is 5.75 Å². The lowest BCUT2D eigenvalue weighted by atomic mass is 9.91. The van der Waals surface area contributed by atoms with Crippen molar-refractivity contribution < 1.29 is 32.5 Å². The highest BCUT2D eigenvalue weighted by molar-refractivity contribution is 5.88. The van der Waals surface area contributed by atoms with Gasteiger partial charge in [-0.3, -0.25) is 4.90 Å². The van der Waals surface area contributed by atoms with Crippen LogP contribution in [0.4, 0.5) is 18.9 Å². The van der Waals surface area contributed by atoms with Gasteiger partial charge in [0.25, 0.3) is 0 Å². The fourth-order valence-corrected chi connectivity index (χ4v) is 5.59. The number of alkyl halides is 3. The summed E-state index contributed by atoms with van der Waals surface area (Å²) in [6, 6.07) is 22.3. The third-order valence-corrected chi connectivity index (χ3v) is 7.82. The maximum atomic E-state index is 12.7. The number of ether oxygens (including phenoxy) is 2. The second-order valence-electron chi connectivity index (χ2n) is 10.6. The Morgan fingerprint density at radius 3 is 2.29 bits per heavy atom. The molecule has 8 nitrogen and oxygen atoms in total. The van der Waals surface area contributed by atoms with Gasteiger partial charge in [0.15, 0.2) is 0 Å². The van der Waals surface area contributed by atoms with Crippen LogP contribution >= 0.6 is 0 Å². The Morgan fingerprint density at radius 2 is 1.64 bits per heavy atom. The van der Waals surface area contributed by atoms with Crippen molar-refractivity contribution in [1.29, 1.82) is 0 Å². The highest BCUT2D eigenvalue weighted by atomic mass is 19.4. The van der Waals surface area contributed by atoms with E-state index in [2.05, 4.69) is 14.5 Å². The molecule has 2 aliphatic heterocycles. The van der Waals surface area contributed by atoms with Gasteiger partial charge in [-0.15, -0.1) is 13.2 Å². The first kappa shape index (κ1) is 27.8. The van der Waals surface area contributed by atoms with Crippen molar-refractivity contribution in [2.75, 3.05) is 31.3 Å². The molecule has 0 unspecified atom stereocenters. The van der Waals surface area contributed by atoms with Crippen LogP contribution in [-0.2, 0) is 11.3 Å². The number of anilines is 1. The molecule has 11 heteroatoms. The molecule has 3 aromatic carbocycles. The minimum atomic E-state index is -4.75. The molecule has 6 rings (SSSR count). The van der Waals surface area contributed by atoms with Crippen LogP contribution < -0.4 is 9.64 Å². The number of nitrogens with zero attached hydrogens (tertiary/aromatic N) is 4. The number of likely N-dealkylation sites (tertiary alicyclic amines) is 1. The lowest BCUT2D eigenvalue weighted by Crippen LogP contribution is -2.46. The second kappa shape index (κ2) is 11.1. The minimum absolute atomic E-state index is 0.252. The lowest BCUT2D eigenvalue weighted by Gasteiger charge is -2.38. The van der Waals surface area contributed by atoms with E-state index in [4.69, 9.17) is 14.9 Å². The summed E-state index contributed by atoms with van der Waals surface area (Å²) in [6.07, 6.45) is -1.10. The minimum Gasteiger partial charge on any atom is -0.478 e. The van der Waals surface area contributed by atoms with Crippen molar-refractivity contribution in [1.82, 2.24) is 14.7 Å². The molecule has 2 saturated heterocycles. The lowest BCUT2D eigenvalue weighted by molar-refractivity contribution is -0.274. The molecule has 2 fully saturated rings. The van der Waals surface area contributed by atoms with E-state index in [1.165, 1.54) is 12.1 Å². The Bertz CT molecular complexity index is 1530. The van der Waals surface area contributed by atoms with E-state index in [1.54, 1.807) is 28.9 Å². The summed E-state index contributed by atoms with van der Waals surface area (Å²) >= 11 is 0. The molecule has 4 aromatic rings. The molecule has 0 bridgehead atoms. The van der Waals surface area contributed by atoms with Gasteiger partial charge in [0.1, 0.15) is 12.5 Å². The Labute approximate surface area is 240 Å². The van der Waals surface area contributed by atoms with Gasteiger partial charge < -0.3 is 19.5 Å². The summed E-state index contributed by atoms with van der Waals surface area (Å²) in [5, 5.41) is 14.0. The van der Waals surface area contributed by atoms with Crippen molar-refractivity contribution in [3.8, 4) is 22.7 Å². The maximum Gasteiger partial charge on any atom is 0.573 e. The molecule has 0 radical (unpaired) electrons. The molecule has 0 amide bonds. The molecule has 218 valence electrons. The van der Waals surface area contributed by atoms with Gasteiger partial charge in [-0.25, -0.2) is 9.48 Å². The number of hydrogen-bond acceptors (Lipinski definition) is 6. The number of para-hydroxylation sites is 1. The fraction of sp³-hybridized carbons (Fsp3) is 0.290. The Balaban J connectivity index is 1.16. The van der Waals surface area contributed by atoms with Crippen LogP contribution in [0.15, 0.2) is 85.1 Å². The molecule has 1 spiro atoms. The normalized spacial score (nSPS) is 17.1. The fourth-order valence-electron chi connectivity index (χ4n) is 5.59.